The lowest BCUT2D eigenvalue weighted by Gasteiger charge is -2.30. The molecule has 0 radical (unpaired) electrons. The zero-order valence-corrected chi connectivity index (χ0v) is 16.7. The molecule has 0 aliphatic carbocycles. The zero-order valence-electron chi connectivity index (χ0n) is 15.9. The highest BCUT2D eigenvalue weighted by molar-refractivity contribution is 6.33. The van der Waals surface area contributed by atoms with Crippen LogP contribution in [0.5, 0.6) is 5.75 Å². The molecule has 1 fully saturated rings. The van der Waals surface area contributed by atoms with Gasteiger partial charge in [0.05, 0.1) is 36.7 Å². The molecule has 2 aromatic rings. The fourth-order valence-electron chi connectivity index (χ4n) is 2.93. The molecule has 2 N–H and O–H groups in total. The minimum atomic E-state index is -4.56. The van der Waals surface area contributed by atoms with Crippen LogP contribution < -0.4 is 20.3 Å². The lowest BCUT2D eigenvalue weighted by molar-refractivity contribution is -0.137. The van der Waals surface area contributed by atoms with Crippen molar-refractivity contribution in [1.29, 1.82) is 0 Å². The molecule has 0 saturated carbocycles. The molecule has 0 amide bonds. The Labute approximate surface area is 171 Å². The Balaban J connectivity index is 1.90. The van der Waals surface area contributed by atoms with Crippen molar-refractivity contribution >= 4 is 34.7 Å². The van der Waals surface area contributed by atoms with Crippen LogP contribution in [0, 0.1) is 0 Å². The van der Waals surface area contributed by atoms with Gasteiger partial charge in [-0.25, -0.2) is 4.98 Å². The molecule has 2 heterocycles. The minimum absolute atomic E-state index is 0.0166. The standard InChI is InChI=1S/C18H21ClF3N5O2/c1-3-23-16-11(18(20,21)22)10-24-17(26-16)25-13-9-15(28-2)14(8-12(13)19)27-4-6-29-7-5-27/h8-10H,3-7H2,1-2H3,(H2,23,24,25,26). The predicted molar refractivity (Wildman–Crippen MR) is 106 cm³/mol. The zero-order chi connectivity index (χ0) is 21.0. The summed E-state index contributed by atoms with van der Waals surface area (Å²) < 4.78 is 50.2. The van der Waals surface area contributed by atoms with Gasteiger partial charge in [-0.1, -0.05) is 11.6 Å². The molecule has 1 saturated heterocycles. The Bertz CT molecular complexity index is 860. The van der Waals surface area contributed by atoms with Crippen LogP contribution in [0.3, 0.4) is 0 Å². The summed E-state index contributed by atoms with van der Waals surface area (Å²) in [6.07, 6.45) is -3.82. The molecule has 7 nitrogen and oxygen atoms in total. The number of methoxy groups -OCH3 is 1. The number of ether oxygens (including phenoxy) is 2. The Morgan fingerprint density at radius 3 is 2.62 bits per heavy atom. The third kappa shape index (κ3) is 4.94. The van der Waals surface area contributed by atoms with Crippen molar-refractivity contribution in [3.8, 4) is 5.75 Å². The van der Waals surface area contributed by atoms with E-state index in [1.54, 1.807) is 19.1 Å². The molecule has 1 aliphatic rings. The number of morpholine rings is 1. The number of aromatic nitrogens is 2. The summed E-state index contributed by atoms with van der Waals surface area (Å²) >= 11 is 6.41. The second kappa shape index (κ2) is 8.91. The van der Waals surface area contributed by atoms with Gasteiger partial charge < -0.3 is 25.0 Å². The van der Waals surface area contributed by atoms with Gasteiger partial charge in [0.2, 0.25) is 5.95 Å². The first-order valence-electron chi connectivity index (χ1n) is 8.98. The van der Waals surface area contributed by atoms with Crippen molar-refractivity contribution in [2.75, 3.05) is 55.5 Å². The molecule has 0 bridgehead atoms. The largest absolute Gasteiger partial charge is 0.495 e. The normalized spacial score (nSPS) is 14.6. The summed E-state index contributed by atoms with van der Waals surface area (Å²) in [7, 11) is 1.54. The average Bonchev–Trinajstić information content (AvgIpc) is 2.69. The van der Waals surface area contributed by atoms with E-state index in [9.17, 15) is 13.2 Å². The summed E-state index contributed by atoms with van der Waals surface area (Å²) in [6, 6.07) is 3.41. The van der Waals surface area contributed by atoms with Crippen LogP contribution in [0.25, 0.3) is 0 Å². The third-order valence-electron chi connectivity index (χ3n) is 4.31. The third-order valence-corrected chi connectivity index (χ3v) is 4.62. The fourth-order valence-corrected chi connectivity index (χ4v) is 3.13. The van der Waals surface area contributed by atoms with Crippen LogP contribution in [0.4, 0.5) is 36.3 Å². The number of hydrogen-bond acceptors (Lipinski definition) is 7. The van der Waals surface area contributed by atoms with Crippen molar-refractivity contribution in [2.24, 2.45) is 0 Å². The second-order valence-electron chi connectivity index (χ2n) is 6.21. The summed E-state index contributed by atoms with van der Waals surface area (Å²) in [5.74, 6) is 0.250. The highest BCUT2D eigenvalue weighted by Crippen LogP contribution is 2.39. The molecule has 1 aliphatic heterocycles. The van der Waals surface area contributed by atoms with Crippen LogP contribution >= 0.6 is 11.6 Å². The van der Waals surface area contributed by atoms with E-state index in [4.69, 9.17) is 21.1 Å². The van der Waals surface area contributed by atoms with E-state index in [1.165, 1.54) is 7.11 Å². The molecule has 1 aromatic carbocycles. The first-order chi connectivity index (χ1) is 13.8. The van der Waals surface area contributed by atoms with Crippen molar-refractivity contribution in [1.82, 2.24) is 9.97 Å². The minimum Gasteiger partial charge on any atom is -0.495 e. The maximum Gasteiger partial charge on any atom is 0.421 e. The van der Waals surface area contributed by atoms with Gasteiger partial charge in [-0.2, -0.15) is 18.2 Å². The molecule has 158 valence electrons. The maximum atomic E-state index is 13.1. The summed E-state index contributed by atoms with van der Waals surface area (Å²) in [4.78, 5) is 9.83. The molecule has 3 rings (SSSR count). The van der Waals surface area contributed by atoms with Crippen LogP contribution in [0.2, 0.25) is 5.02 Å². The monoisotopic (exact) mass is 431 g/mol. The number of nitrogens with one attached hydrogen (secondary N) is 2. The quantitative estimate of drug-likeness (QED) is 0.711. The van der Waals surface area contributed by atoms with Gasteiger partial charge in [0, 0.05) is 31.9 Å². The first-order valence-corrected chi connectivity index (χ1v) is 9.36. The lowest BCUT2D eigenvalue weighted by atomic mass is 10.2. The van der Waals surface area contributed by atoms with Crippen LogP contribution in [0.15, 0.2) is 18.3 Å². The lowest BCUT2D eigenvalue weighted by Crippen LogP contribution is -2.36. The van der Waals surface area contributed by atoms with Gasteiger partial charge in [-0.15, -0.1) is 0 Å². The van der Waals surface area contributed by atoms with E-state index >= 15 is 0 Å². The topological polar surface area (TPSA) is 71.5 Å². The summed E-state index contributed by atoms with van der Waals surface area (Å²) in [6.45, 7) is 4.58. The fraction of sp³-hybridized carbons (Fsp3) is 0.444. The van der Waals surface area contributed by atoms with Crippen molar-refractivity contribution < 1.29 is 22.6 Å². The number of hydrogen-bond donors (Lipinski definition) is 2. The second-order valence-corrected chi connectivity index (χ2v) is 6.62. The maximum absolute atomic E-state index is 13.1. The van der Waals surface area contributed by atoms with Gasteiger partial charge in [0.1, 0.15) is 17.1 Å². The summed E-state index contributed by atoms with van der Waals surface area (Å²) in [5, 5.41) is 5.84. The molecule has 0 atom stereocenters. The van der Waals surface area contributed by atoms with E-state index in [2.05, 4.69) is 25.5 Å². The van der Waals surface area contributed by atoms with Gasteiger partial charge in [0.15, 0.2) is 0 Å². The van der Waals surface area contributed by atoms with E-state index in [0.29, 0.717) is 42.8 Å². The van der Waals surface area contributed by atoms with Crippen molar-refractivity contribution in [3.05, 3.63) is 28.9 Å². The number of halogens is 4. The highest BCUT2D eigenvalue weighted by atomic mass is 35.5. The van der Waals surface area contributed by atoms with Gasteiger partial charge in [-0.05, 0) is 13.0 Å². The molecule has 29 heavy (non-hydrogen) atoms. The van der Waals surface area contributed by atoms with Crippen LogP contribution in [0.1, 0.15) is 12.5 Å². The van der Waals surface area contributed by atoms with E-state index in [-0.39, 0.29) is 18.3 Å². The molecule has 0 unspecified atom stereocenters. The van der Waals surface area contributed by atoms with Gasteiger partial charge >= 0.3 is 6.18 Å². The number of alkyl halides is 3. The predicted octanol–water partition coefficient (Wildman–Crippen LogP) is 4.17. The van der Waals surface area contributed by atoms with Crippen LogP contribution in [-0.2, 0) is 10.9 Å². The molecular formula is C18H21ClF3N5O2. The average molecular weight is 432 g/mol. The smallest absolute Gasteiger partial charge is 0.421 e. The first kappa shape index (κ1) is 21.3. The molecule has 1 aromatic heterocycles. The Hall–Kier alpha value is -2.46. The van der Waals surface area contributed by atoms with E-state index in [1.807, 2.05) is 0 Å². The SMILES string of the molecule is CCNc1nc(Nc2cc(OC)c(N3CCOCC3)cc2Cl)ncc1C(F)(F)F. The van der Waals surface area contributed by atoms with Gasteiger partial charge in [0.25, 0.3) is 0 Å². The Morgan fingerprint density at radius 1 is 1.28 bits per heavy atom. The number of anilines is 4. The Kier molecular flexibility index (Phi) is 6.53. The van der Waals surface area contributed by atoms with Crippen LogP contribution in [-0.4, -0.2) is 49.9 Å². The number of nitrogens with zero attached hydrogens (tertiary/aromatic N) is 3. The van der Waals surface area contributed by atoms with Crippen molar-refractivity contribution in [3.63, 3.8) is 0 Å². The molecular weight excluding hydrogens is 411 g/mol. The molecule has 0 spiro atoms. The number of rotatable bonds is 6. The Morgan fingerprint density at radius 2 is 2.00 bits per heavy atom. The highest BCUT2D eigenvalue weighted by Gasteiger charge is 2.35. The van der Waals surface area contributed by atoms with Crippen molar-refractivity contribution in [2.45, 2.75) is 13.1 Å². The van der Waals surface area contributed by atoms with E-state index < -0.39 is 11.7 Å². The number of benzene rings is 1. The summed E-state index contributed by atoms with van der Waals surface area (Å²) in [5.41, 5.74) is 0.298. The molecule has 11 heteroatoms. The van der Waals surface area contributed by atoms with Gasteiger partial charge in [-0.3, -0.25) is 0 Å². The van der Waals surface area contributed by atoms with E-state index in [0.717, 1.165) is 11.9 Å².